The Morgan fingerprint density at radius 1 is 0.882 bits per heavy atom. The Hall–Kier alpha value is 0.410. The van der Waals surface area contributed by atoms with E-state index in [0.717, 1.165) is 7.35 Å². The van der Waals surface area contributed by atoms with Crippen LogP contribution in [-0.2, 0) is 22.9 Å². The molecule has 0 N–H and O–H groups in total. The van der Waals surface area contributed by atoms with Gasteiger partial charge in [0.25, 0.3) is 0 Å². The maximum absolute atomic E-state index is 2.45. The third-order valence-corrected chi connectivity index (χ3v) is 9.83. The quantitative estimate of drug-likeness (QED) is 0.524. The van der Waals surface area contributed by atoms with Crippen LogP contribution < -0.4 is 0 Å². The number of allylic oxidation sites excluding steroid dienone is 8. The monoisotopic (exact) mass is 438 g/mol. The topological polar surface area (TPSA) is 0 Å². The van der Waals surface area contributed by atoms with Gasteiger partial charge in [0.2, 0.25) is 0 Å². The van der Waals surface area contributed by atoms with Gasteiger partial charge in [-0.2, -0.15) is 0 Å². The molecule has 2 aliphatic carbocycles. The van der Waals surface area contributed by atoms with Gasteiger partial charge in [0, 0.05) is 0 Å². The fourth-order valence-electron chi connectivity index (χ4n) is 2.23. The van der Waals surface area contributed by atoms with Crippen LogP contribution >= 0.6 is 24.8 Å². The molecule has 3 heteroatoms. The normalized spacial score (nSPS) is 24.8. The van der Waals surface area contributed by atoms with E-state index in [1.54, 1.807) is 11.1 Å². The van der Waals surface area contributed by atoms with E-state index in [2.05, 4.69) is 50.3 Å². The van der Waals surface area contributed by atoms with Gasteiger partial charge in [-0.3, -0.25) is 0 Å². The van der Waals surface area contributed by atoms with Crippen LogP contribution in [0.5, 0.6) is 0 Å². The Morgan fingerprint density at radius 2 is 1.29 bits per heavy atom. The van der Waals surface area contributed by atoms with Crippen molar-refractivity contribution in [1.82, 2.24) is 0 Å². The zero-order chi connectivity index (χ0) is 10.7. The smallest absolute Gasteiger partial charge is 0.147 e. The molecular weight excluding hydrogens is 418 g/mol. The molecule has 0 spiro atoms. The summed E-state index contributed by atoms with van der Waals surface area (Å²) >= 11 is -0.596. The summed E-state index contributed by atoms with van der Waals surface area (Å²) < 4.78 is 1.77. The summed E-state index contributed by atoms with van der Waals surface area (Å²) in [5.41, 5.74) is 3.38. The number of hydrogen-bond donors (Lipinski definition) is 0. The van der Waals surface area contributed by atoms with Gasteiger partial charge >= 0.3 is 105 Å². The van der Waals surface area contributed by atoms with E-state index in [0.29, 0.717) is 0 Å². The standard InChI is InChI=1S/2C7H9.2ClH.Hf/c2*1-2-7-5-3-4-6-7;;;/h2*3-6H,2H2,1H3;2*1H;. The number of halogens is 2. The van der Waals surface area contributed by atoms with Gasteiger partial charge in [-0.1, -0.05) is 0 Å². The molecule has 0 aliphatic heterocycles. The molecule has 2 rings (SSSR count). The van der Waals surface area contributed by atoms with Gasteiger partial charge in [-0.15, -0.1) is 24.8 Å². The van der Waals surface area contributed by atoms with Crippen LogP contribution in [0.25, 0.3) is 0 Å². The summed E-state index contributed by atoms with van der Waals surface area (Å²) in [7, 11) is 0. The maximum Gasteiger partial charge on any atom is -0.147 e. The zero-order valence-corrected chi connectivity index (χ0v) is 15.6. The van der Waals surface area contributed by atoms with Crippen molar-refractivity contribution in [1.29, 1.82) is 0 Å². The van der Waals surface area contributed by atoms with Crippen molar-refractivity contribution in [3.63, 3.8) is 0 Å². The fourth-order valence-corrected chi connectivity index (χ4v) is 8.91. The van der Waals surface area contributed by atoms with Crippen molar-refractivity contribution in [2.75, 3.05) is 0 Å². The third-order valence-electron chi connectivity index (χ3n) is 3.20. The summed E-state index contributed by atoms with van der Waals surface area (Å²) in [6.07, 6.45) is 16.6. The Bertz CT molecular complexity index is 319. The zero-order valence-electron chi connectivity index (χ0n) is 10.3. The first-order valence-corrected chi connectivity index (χ1v) is 10.0. The largest absolute Gasteiger partial charge is 0.147 e. The molecule has 0 heterocycles. The van der Waals surface area contributed by atoms with Gasteiger partial charge in [-0.05, 0) is 0 Å². The minimum absolute atomic E-state index is 0. The van der Waals surface area contributed by atoms with Crippen LogP contribution in [0, 0.1) is 0 Å². The van der Waals surface area contributed by atoms with Crippen LogP contribution in [0.1, 0.15) is 26.7 Å². The van der Waals surface area contributed by atoms with E-state index in [9.17, 15) is 0 Å². The van der Waals surface area contributed by atoms with Crippen molar-refractivity contribution in [3.05, 3.63) is 47.6 Å². The molecule has 0 fully saturated rings. The first-order valence-electron chi connectivity index (χ1n) is 5.85. The van der Waals surface area contributed by atoms with Crippen molar-refractivity contribution in [3.8, 4) is 0 Å². The number of hydrogen-bond acceptors (Lipinski definition) is 0. The van der Waals surface area contributed by atoms with E-state index >= 15 is 0 Å². The van der Waals surface area contributed by atoms with Gasteiger partial charge in [-0.25, -0.2) is 0 Å². The summed E-state index contributed by atoms with van der Waals surface area (Å²) in [6, 6.07) is 0. The number of rotatable bonds is 4. The van der Waals surface area contributed by atoms with E-state index in [1.165, 1.54) is 12.8 Å². The maximum atomic E-state index is 2.45. The molecule has 0 saturated carbocycles. The molecule has 2 atom stereocenters. The molecule has 0 bridgehead atoms. The molecule has 0 radical (unpaired) electrons. The SMILES string of the molecule is CCC1=CC=C[CH]1[Hf][CH]1C=CC=C1CC.Cl.Cl. The predicted molar refractivity (Wildman–Crippen MR) is 77.0 cm³/mol. The molecule has 0 amide bonds. The second kappa shape index (κ2) is 8.50. The van der Waals surface area contributed by atoms with Gasteiger partial charge in [0.1, 0.15) is 0 Å². The first kappa shape index (κ1) is 17.4. The second-order valence-corrected chi connectivity index (χ2v) is 9.75. The van der Waals surface area contributed by atoms with Crippen molar-refractivity contribution in [2.24, 2.45) is 0 Å². The molecule has 0 aromatic rings. The Balaban J connectivity index is 0.00000128. The second-order valence-electron chi connectivity index (χ2n) is 4.08. The van der Waals surface area contributed by atoms with Gasteiger partial charge in [0.05, 0.1) is 0 Å². The molecule has 0 nitrogen and oxygen atoms in total. The van der Waals surface area contributed by atoms with Crippen LogP contribution in [0.2, 0.25) is 7.35 Å². The summed E-state index contributed by atoms with van der Waals surface area (Å²) in [6.45, 7) is 4.58. The van der Waals surface area contributed by atoms with Crippen molar-refractivity contribution < 1.29 is 22.9 Å². The molecule has 2 unspecified atom stereocenters. The third kappa shape index (κ3) is 4.22. The molecule has 94 valence electrons. The average molecular weight is 438 g/mol. The summed E-state index contributed by atoms with van der Waals surface area (Å²) in [5, 5.41) is 0. The molecular formula is C14H20Cl2Hf. The Labute approximate surface area is 129 Å². The van der Waals surface area contributed by atoms with E-state index in [4.69, 9.17) is 0 Å². The Morgan fingerprint density at radius 3 is 1.65 bits per heavy atom. The summed E-state index contributed by atoms with van der Waals surface area (Å²) in [4.78, 5) is 0. The fraction of sp³-hybridized carbons (Fsp3) is 0.429. The molecule has 17 heavy (non-hydrogen) atoms. The molecule has 2 aliphatic rings. The van der Waals surface area contributed by atoms with Crippen LogP contribution in [0.3, 0.4) is 0 Å². The molecule has 0 aromatic carbocycles. The molecule has 0 saturated heterocycles. The van der Waals surface area contributed by atoms with Gasteiger partial charge < -0.3 is 0 Å². The van der Waals surface area contributed by atoms with Crippen LogP contribution in [0.15, 0.2) is 47.6 Å². The minimum Gasteiger partial charge on any atom is -0.147 e. The van der Waals surface area contributed by atoms with E-state index in [1.807, 2.05) is 0 Å². The van der Waals surface area contributed by atoms with Crippen molar-refractivity contribution in [2.45, 2.75) is 34.0 Å². The Kier molecular flexibility index (Phi) is 8.71. The average Bonchev–Trinajstić information content (AvgIpc) is 2.87. The van der Waals surface area contributed by atoms with Crippen LogP contribution in [0.4, 0.5) is 0 Å². The van der Waals surface area contributed by atoms with E-state index < -0.39 is 22.9 Å². The molecule has 0 aromatic heterocycles. The van der Waals surface area contributed by atoms with Crippen LogP contribution in [-0.4, -0.2) is 0 Å². The minimum atomic E-state index is -0.596. The summed E-state index contributed by atoms with van der Waals surface area (Å²) in [5.74, 6) is 0. The first-order chi connectivity index (χ1) is 7.35. The van der Waals surface area contributed by atoms with Crippen molar-refractivity contribution >= 4 is 24.8 Å². The van der Waals surface area contributed by atoms with Gasteiger partial charge in [0.15, 0.2) is 0 Å². The van der Waals surface area contributed by atoms with E-state index in [-0.39, 0.29) is 24.8 Å². The predicted octanol–water partition coefficient (Wildman–Crippen LogP) is 5.30.